The normalized spacial score (nSPS) is 10.7. The zero-order valence-corrected chi connectivity index (χ0v) is 15.7. The third kappa shape index (κ3) is 4.29. The van der Waals surface area contributed by atoms with Gasteiger partial charge in [0.25, 0.3) is 5.91 Å². The first-order chi connectivity index (χ1) is 12.7. The molecule has 1 amide bonds. The van der Waals surface area contributed by atoms with Crippen LogP contribution in [-0.4, -0.2) is 43.4 Å². The van der Waals surface area contributed by atoms with E-state index in [1.54, 1.807) is 35.0 Å². The molecule has 0 atom stereocenters. The third-order valence-corrected chi connectivity index (χ3v) is 4.69. The van der Waals surface area contributed by atoms with Gasteiger partial charge < -0.3 is 4.90 Å². The average molecular weight is 367 g/mol. The van der Waals surface area contributed by atoms with Gasteiger partial charge in [0.05, 0.1) is 0 Å². The number of pyridine rings is 1. The summed E-state index contributed by atoms with van der Waals surface area (Å²) in [6.07, 6.45) is 6.07. The molecule has 0 saturated carbocycles. The fourth-order valence-electron chi connectivity index (χ4n) is 2.64. The van der Waals surface area contributed by atoms with Crippen molar-refractivity contribution < 1.29 is 4.79 Å². The maximum Gasteiger partial charge on any atom is 0.272 e. The highest BCUT2D eigenvalue weighted by Gasteiger charge is 2.17. The van der Waals surface area contributed by atoms with E-state index in [0.717, 1.165) is 12.0 Å². The minimum Gasteiger partial charge on any atom is -0.333 e. The Hall–Kier alpha value is -2.67. The summed E-state index contributed by atoms with van der Waals surface area (Å²) in [6, 6.07) is 13.7. The molecule has 2 aromatic heterocycles. The lowest BCUT2D eigenvalue weighted by molar-refractivity contribution is 0.0737. The van der Waals surface area contributed by atoms with Crippen LogP contribution in [0.1, 0.15) is 29.4 Å². The number of hydrogen-bond donors (Lipinski definition) is 0. The lowest BCUT2D eigenvalue weighted by atomic mass is 10.2. The molecule has 2 heterocycles. The molecule has 0 bridgehead atoms. The fourth-order valence-corrected chi connectivity index (χ4v) is 3.05. The van der Waals surface area contributed by atoms with Gasteiger partial charge in [-0.15, -0.1) is 22.0 Å². The molecule has 0 aliphatic rings. The van der Waals surface area contributed by atoms with Crippen LogP contribution in [0.5, 0.6) is 0 Å². The molecule has 0 saturated heterocycles. The van der Waals surface area contributed by atoms with Gasteiger partial charge >= 0.3 is 0 Å². The Bertz CT molecular complexity index is 849. The van der Waals surface area contributed by atoms with Crippen molar-refractivity contribution in [1.29, 1.82) is 0 Å². The number of hydrogen-bond acceptors (Lipinski definition) is 5. The second-order valence-corrected chi connectivity index (χ2v) is 6.70. The molecule has 0 radical (unpaired) electrons. The maximum atomic E-state index is 13.0. The zero-order valence-electron chi connectivity index (χ0n) is 14.9. The van der Waals surface area contributed by atoms with Crippen molar-refractivity contribution in [1.82, 2.24) is 24.6 Å². The van der Waals surface area contributed by atoms with Gasteiger partial charge in [-0.05, 0) is 42.5 Å². The van der Waals surface area contributed by atoms with E-state index in [-0.39, 0.29) is 5.91 Å². The van der Waals surface area contributed by atoms with Gasteiger partial charge in [0.1, 0.15) is 24.2 Å². The lowest BCUT2D eigenvalue weighted by Gasteiger charge is -2.22. The number of carbonyl (C=O) groups excluding carboxylic acids is 1. The number of thioether (sulfide) groups is 1. The molecular formula is C19H21N5OS. The average Bonchev–Trinajstić information content (AvgIpc) is 3.23. The molecule has 1 aromatic carbocycles. The summed E-state index contributed by atoms with van der Waals surface area (Å²) >= 11 is 1.71. The summed E-state index contributed by atoms with van der Waals surface area (Å²) in [5.74, 6) is 0.553. The lowest BCUT2D eigenvalue weighted by Crippen LogP contribution is -2.32. The maximum absolute atomic E-state index is 13.0. The molecule has 3 aromatic rings. The van der Waals surface area contributed by atoms with E-state index in [9.17, 15) is 4.79 Å². The fraction of sp³-hybridized carbons (Fsp3) is 0.263. The molecule has 26 heavy (non-hydrogen) atoms. The second kappa shape index (κ2) is 8.62. The highest BCUT2D eigenvalue weighted by atomic mass is 32.2. The summed E-state index contributed by atoms with van der Waals surface area (Å²) in [5, 5.41) is 7.57. The Labute approximate surface area is 157 Å². The summed E-state index contributed by atoms with van der Waals surface area (Å²) in [7, 11) is 0. The van der Waals surface area contributed by atoms with E-state index < -0.39 is 0 Å². The number of aromatic nitrogens is 4. The highest BCUT2D eigenvalue weighted by Crippen LogP contribution is 2.17. The monoisotopic (exact) mass is 367 g/mol. The first-order valence-electron chi connectivity index (χ1n) is 8.45. The third-order valence-electron chi connectivity index (χ3n) is 3.95. The van der Waals surface area contributed by atoms with E-state index in [1.165, 1.54) is 4.90 Å². The number of benzene rings is 1. The minimum atomic E-state index is -0.0734. The van der Waals surface area contributed by atoms with Crippen molar-refractivity contribution in [2.24, 2.45) is 0 Å². The number of nitrogens with zero attached hydrogens (tertiary/aromatic N) is 5. The smallest absolute Gasteiger partial charge is 0.272 e. The van der Waals surface area contributed by atoms with Crippen LogP contribution in [0.3, 0.4) is 0 Å². The van der Waals surface area contributed by atoms with Gasteiger partial charge in [0.15, 0.2) is 0 Å². The molecule has 6 nitrogen and oxygen atoms in total. The van der Waals surface area contributed by atoms with Gasteiger partial charge in [-0.1, -0.05) is 25.1 Å². The molecule has 0 N–H and O–H groups in total. The summed E-state index contributed by atoms with van der Waals surface area (Å²) in [6.45, 7) is 3.32. The van der Waals surface area contributed by atoms with Gasteiger partial charge in [0.2, 0.25) is 0 Å². The van der Waals surface area contributed by atoms with Crippen molar-refractivity contribution in [3.8, 4) is 5.82 Å². The highest BCUT2D eigenvalue weighted by molar-refractivity contribution is 7.98. The zero-order chi connectivity index (χ0) is 18.4. The second-order valence-electron chi connectivity index (χ2n) is 5.82. The van der Waals surface area contributed by atoms with E-state index in [2.05, 4.69) is 52.6 Å². The molecule has 0 spiro atoms. The predicted octanol–water partition coefficient (Wildman–Crippen LogP) is 3.44. The van der Waals surface area contributed by atoms with Crippen molar-refractivity contribution in [3.05, 3.63) is 66.4 Å². The summed E-state index contributed by atoms with van der Waals surface area (Å²) < 4.78 is 1.68. The standard InChI is InChI=1S/C19H21N5OS/c1-3-11-23(12-15-7-9-16(26-2)10-8-15)19(25)17-5-4-6-18(22-17)24-13-20-21-14-24/h4-10,13-14H,3,11-12H2,1-2H3. The van der Waals surface area contributed by atoms with Gasteiger partial charge in [0, 0.05) is 18.0 Å². The molecule has 0 aliphatic heterocycles. The Kier molecular flexibility index (Phi) is 6.01. The molecule has 134 valence electrons. The summed E-state index contributed by atoms with van der Waals surface area (Å²) in [5.41, 5.74) is 1.53. The molecule has 0 fully saturated rings. The number of rotatable bonds is 7. The molecule has 3 rings (SSSR count). The van der Waals surface area contributed by atoms with Crippen LogP contribution in [0.25, 0.3) is 5.82 Å². The predicted molar refractivity (Wildman–Crippen MR) is 102 cm³/mol. The quantitative estimate of drug-likeness (QED) is 0.599. The first-order valence-corrected chi connectivity index (χ1v) is 9.68. The molecule has 7 heteroatoms. The van der Waals surface area contributed by atoms with Crippen LogP contribution in [0.2, 0.25) is 0 Å². The van der Waals surface area contributed by atoms with Crippen LogP contribution in [0, 0.1) is 0 Å². The van der Waals surface area contributed by atoms with E-state index in [0.29, 0.717) is 24.6 Å². The first kappa shape index (κ1) is 18.1. The van der Waals surface area contributed by atoms with Crippen LogP contribution in [-0.2, 0) is 6.54 Å². The molecule has 0 aliphatic carbocycles. The van der Waals surface area contributed by atoms with Gasteiger partial charge in [-0.25, -0.2) is 4.98 Å². The minimum absolute atomic E-state index is 0.0734. The Balaban J connectivity index is 1.80. The number of amides is 1. The van der Waals surface area contributed by atoms with Crippen molar-refractivity contribution in [2.45, 2.75) is 24.8 Å². The van der Waals surface area contributed by atoms with Gasteiger partial charge in [-0.3, -0.25) is 9.36 Å². The Morgan fingerprint density at radius 1 is 1.12 bits per heavy atom. The van der Waals surface area contributed by atoms with Crippen molar-refractivity contribution >= 4 is 17.7 Å². The van der Waals surface area contributed by atoms with Crippen LogP contribution < -0.4 is 0 Å². The van der Waals surface area contributed by atoms with E-state index in [4.69, 9.17) is 0 Å². The number of carbonyl (C=O) groups is 1. The SMILES string of the molecule is CCCN(Cc1ccc(SC)cc1)C(=O)c1cccc(-n2cnnc2)n1. The van der Waals surface area contributed by atoms with E-state index in [1.807, 2.05) is 17.0 Å². The molecule has 0 unspecified atom stereocenters. The Morgan fingerprint density at radius 3 is 2.50 bits per heavy atom. The van der Waals surface area contributed by atoms with Crippen LogP contribution in [0.15, 0.2) is 60.0 Å². The van der Waals surface area contributed by atoms with Crippen molar-refractivity contribution in [2.75, 3.05) is 12.8 Å². The van der Waals surface area contributed by atoms with Crippen LogP contribution in [0.4, 0.5) is 0 Å². The topological polar surface area (TPSA) is 63.9 Å². The van der Waals surface area contributed by atoms with Gasteiger partial charge in [-0.2, -0.15) is 0 Å². The van der Waals surface area contributed by atoms with Crippen LogP contribution >= 0.6 is 11.8 Å². The molecular weight excluding hydrogens is 346 g/mol. The van der Waals surface area contributed by atoms with Crippen molar-refractivity contribution in [3.63, 3.8) is 0 Å². The Morgan fingerprint density at radius 2 is 1.85 bits per heavy atom. The largest absolute Gasteiger partial charge is 0.333 e. The van der Waals surface area contributed by atoms with E-state index >= 15 is 0 Å². The summed E-state index contributed by atoms with van der Waals surface area (Å²) in [4.78, 5) is 20.5.